The summed E-state index contributed by atoms with van der Waals surface area (Å²) in [5.41, 5.74) is 3.96. The number of carbonyl (C=O) groups is 2. The Morgan fingerprint density at radius 1 is 1.10 bits per heavy atom. The number of pyridine rings is 1. The quantitative estimate of drug-likeness (QED) is 0.154. The van der Waals surface area contributed by atoms with Crippen molar-refractivity contribution in [3.05, 3.63) is 81.6 Å². The second kappa shape index (κ2) is 16.3. The molecule has 1 aromatic carbocycles. The summed E-state index contributed by atoms with van der Waals surface area (Å²) in [5.74, 6) is 1.12. The fourth-order valence-electron chi connectivity index (χ4n) is 5.95. The van der Waals surface area contributed by atoms with Crippen LogP contribution in [0.3, 0.4) is 0 Å². The minimum absolute atomic E-state index is 0.0360. The molecule has 1 saturated heterocycles. The lowest BCUT2D eigenvalue weighted by atomic mass is 9.83. The number of nitrogens with zero attached hydrogens (tertiary/aromatic N) is 4. The molecule has 1 aliphatic carbocycles. The highest BCUT2D eigenvalue weighted by Gasteiger charge is 2.35. The van der Waals surface area contributed by atoms with Crippen LogP contribution in [0.15, 0.2) is 64.8 Å². The number of allylic oxidation sites excluding steroid dienone is 3. The highest BCUT2D eigenvalue weighted by molar-refractivity contribution is 6.31. The van der Waals surface area contributed by atoms with Gasteiger partial charge < -0.3 is 9.64 Å². The second-order valence-electron chi connectivity index (χ2n) is 14.0. The van der Waals surface area contributed by atoms with E-state index in [1.54, 1.807) is 11.1 Å². The number of piperidine rings is 1. The molecule has 2 aliphatic rings. The van der Waals surface area contributed by atoms with Gasteiger partial charge in [0, 0.05) is 58.9 Å². The largest absolute Gasteiger partial charge is 0.493 e. The van der Waals surface area contributed by atoms with Gasteiger partial charge in [0.2, 0.25) is 5.91 Å². The molecular formula is C37H49Cl2N5O4. The van der Waals surface area contributed by atoms with Crippen molar-refractivity contribution in [1.29, 1.82) is 0 Å². The maximum Gasteiger partial charge on any atom is 0.325 e. The Bertz CT molecular complexity index is 1520. The number of nitrogens with one attached hydrogen (secondary N) is 1. The van der Waals surface area contributed by atoms with Crippen molar-refractivity contribution in [3.63, 3.8) is 0 Å². The average molecular weight is 699 g/mol. The second-order valence-corrected chi connectivity index (χ2v) is 14.9. The SMILES string of the molecule is CCOc1cc(C(C)(C)C)ncc1/C(=N/C(C)(C)C1C=CC(Cl)=CC1)N(Cc1ccc(Cl)cc1)C(=O)N1CCC(CC(=O)NOC)CC1. The summed E-state index contributed by atoms with van der Waals surface area (Å²) in [6, 6.07) is 9.28. The standard InChI is InChI=1S/C37H49Cl2N5O4/c1-8-48-31-22-32(36(2,3)4)40-23-30(31)34(41-37(5,6)27-11-15-29(39)16-12-27)44(24-26-9-13-28(38)14-10-26)35(46)43-19-17-25(18-20-43)21-33(45)42-47-7/h9-11,13-16,22-23,25,27H,8,12,17-21,24H2,1-7H3,(H,42,45)/b41-34-. The van der Waals surface area contributed by atoms with Crippen molar-refractivity contribution in [2.45, 2.75) is 84.7 Å². The number of amides is 3. The van der Waals surface area contributed by atoms with E-state index in [0.717, 1.165) is 11.3 Å². The number of ether oxygens (including phenoxy) is 1. The molecule has 0 radical (unpaired) electrons. The molecule has 1 aromatic heterocycles. The molecule has 11 heteroatoms. The number of aromatic nitrogens is 1. The molecule has 0 spiro atoms. The van der Waals surface area contributed by atoms with E-state index in [0.29, 0.717) is 72.6 Å². The monoisotopic (exact) mass is 697 g/mol. The Morgan fingerprint density at radius 3 is 2.38 bits per heavy atom. The van der Waals surface area contributed by atoms with Crippen LogP contribution in [0.2, 0.25) is 5.02 Å². The molecule has 1 fully saturated rings. The highest BCUT2D eigenvalue weighted by atomic mass is 35.5. The van der Waals surface area contributed by atoms with Crippen LogP contribution in [0.1, 0.15) is 84.0 Å². The number of halogens is 2. The van der Waals surface area contributed by atoms with E-state index < -0.39 is 5.54 Å². The number of likely N-dealkylation sites (tertiary alicyclic amines) is 1. The van der Waals surface area contributed by atoms with Crippen molar-refractivity contribution in [2.75, 3.05) is 26.8 Å². The first-order valence-corrected chi connectivity index (χ1v) is 17.4. The van der Waals surface area contributed by atoms with E-state index in [-0.39, 0.29) is 35.7 Å². The molecule has 2 aromatic rings. The van der Waals surface area contributed by atoms with Crippen LogP contribution in [-0.2, 0) is 21.6 Å². The van der Waals surface area contributed by atoms with Crippen molar-refractivity contribution >= 4 is 41.0 Å². The fourth-order valence-corrected chi connectivity index (χ4v) is 6.24. The summed E-state index contributed by atoms with van der Waals surface area (Å²) in [6.07, 6.45) is 10.2. The van der Waals surface area contributed by atoms with Crippen LogP contribution < -0.4 is 10.2 Å². The van der Waals surface area contributed by atoms with Crippen LogP contribution in [0.5, 0.6) is 5.75 Å². The van der Waals surface area contributed by atoms with Crippen LogP contribution in [-0.4, -0.2) is 64.9 Å². The maximum absolute atomic E-state index is 14.8. The third-order valence-electron chi connectivity index (χ3n) is 8.85. The third kappa shape index (κ3) is 9.83. The van der Waals surface area contributed by atoms with Gasteiger partial charge in [-0.05, 0) is 69.7 Å². The molecule has 1 N–H and O–H groups in total. The van der Waals surface area contributed by atoms with Gasteiger partial charge in [0.05, 0.1) is 31.4 Å². The first-order chi connectivity index (χ1) is 22.7. The van der Waals surface area contributed by atoms with Crippen molar-refractivity contribution in [1.82, 2.24) is 20.3 Å². The zero-order chi connectivity index (χ0) is 35.1. The van der Waals surface area contributed by atoms with E-state index in [4.69, 9.17) is 42.8 Å². The lowest BCUT2D eigenvalue weighted by molar-refractivity contribution is -0.132. The number of carbonyl (C=O) groups excluding carboxylic acids is 2. The predicted molar refractivity (Wildman–Crippen MR) is 192 cm³/mol. The summed E-state index contributed by atoms with van der Waals surface area (Å²) in [4.78, 5) is 45.6. The molecular weight excluding hydrogens is 649 g/mol. The summed E-state index contributed by atoms with van der Waals surface area (Å²) in [7, 11) is 1.43. The maximum atomic E-state index is 14.8. The van der Waals surface area contributed by atoms with Gasteiger partial charge in [-0.1, -0.05) is 68.3 Å². The first kappa shape index (κ1) is 37.4. The molecule has 260 valence electrons. The van der Waals surface area contributed by atoms with E-state index in [1.807, 2.05) is 54.3 Å². The lowest BCUT2D eigenvalue weighted by Gasteiger charge is -2.38. The molecule has 1 unspecified atom stereocenters. The predicted octanol–water partition coefficient (Wildman–Crippen LogP) is 8.06. The zero-order valence-electron chi connectivity index (χ0n) is 29.2. The lowest BCUT2D eigenvalue weighted by Crippen LogP contribution is -2.50. The molecule has 4 rings (SSSR count). The normalized spacial score (nSPS) is 17.6. The third-order valence-corrected chi connectivity index (χ3v) is 9.38. The molecule has 1 atom stereocenters. The van der Waals surface area contributed by atoms with E-state index in [2.05, 4.69) is 46.2 Å². The number of urea groups is 1. The Morgan fingerprint density at radius 2 is 1.79 bits per heavy atom. The molecule has 1 aliphatic heterocycles. The van der Waals surface area contributed by atoms with Crippen molar-refractivity contribution in [3.8, 4) is 5.75 Å². The minimum atomic E-state index is -0.633. The molecule has 0 bridgehead atoms. The highest BCUT2D eigenvalue weighted by Crippen LogP contribution is 2.35. The van der Waals surface area contributed by atoms with E-state index >= 15 is 0 Å². The number of amidine groups is 1. The number of hydroxylamine groups is 1. The number of hydrogen-bond acceptors (Lipinski definition) is 6. The zero-order valence-corrected chi connectivity index (χ0v) is 30.7. The summed E-state index contributed by atoms with van der Waals surface area (Å²) < 4.78 is 6.26. The summed E-state index contributed by atoms with van der Waals surface area (Å²) in [5, 5.41) is 1.32. The van der Waals surface area contributed by atoms with Gasteiger partial charge in [0.25, 0.3) is 0 Å². The summed E-state index contributed by atoms with van der Waals surface area (Å²) >= 11 is 12.5. The number of benzene rings is 1. The topological polar surface area (TPSA) is 96.4 Å². The fraction of sp³-hybridized carbons (Fsp3) is 0.514. The van der Waals surface area contributed by atoms with Gasteiger partial charge in [-0.2, -0.15) is 0 Å². The number of aliphatic imine (C=N–C) groups is 1. The smallest absolute Gasteiger partial charge is 0.325 e. The molecule has 48 heavy (non-hydrogen) atoms. The van der Waals surface area contributed by atoms with Gasteiger partial charge in [-0.3, -0.25) is 24.5 Å². The Kier molecular flexibility index (Phi) is 12.7. The summed E-state index contributed by atoms with van der Waals surface area (Å²) in [6.45, 7) is 14.1. The minimum Gasteiger partial charge on any atom is -0.493 e. The van der Waals surface area contributed by atoms with Crippen LogP contribution >= 0.6 is 23.2 Å². The van der Waals surface area contributed by atoms with Crippen LogP contribution in [0.25, 0.3) is 0 Å². The van der Waals surface area contributed by atoms with Crippen molar-refractivity contribution in [2.24, 2.45) is 16.8 Å². The molecule has 0 saturated carbocycles. The van der Waals surface area contributed by atoms with Crippen LogP contribution in [0, 0.1) is 11.8 Å². The Balaban J connectivity index is 1.82. The van der Waals surface area contributed by atoms with Crippen molar-refractivity contribution < 1.29 is 19.2 Å². The average Bonchev–Trinajstić information content (AvgIpc) is 3.04. The van der Waals surface area contributed by atoms with Gasteiger partial charge in [-0.25, -0.2) is 10.3 Å². The van der Waals surface area contributed by atoms with E-state index in [9.17, 15) is 9.59 Å². The molecule has 2 heterocycles. The van der Waals surface area contributed by atoms with Crippen LogP contribution in [0.4, 0.5) is 4.79 Å². The Hall–Kier alpha value is -3.40. The Labute approximate surface area is 295 Å². The van der Waals surface area contributed by atoms with E-state index in [1.165, 1.54) is 7.11 Å². The van der Waals surface area contributed by atoms with Gasteiger partial charge in [0.15, 0.2) is 0 Å². The number of hydrogen-bond donors (Lipinski definition) is 1. The van der Waals surface area contributed by atoms with Gasteiger partial charge in [0.1, 0.15) is 11.6 Å². The first-order valence-electron chi connectivity index (χ1n) is 16.6. The van der Waals surface area contributed by atoms with Gasteiger partial charge >= 0.3 is 6.03 Å². The molecule has 3 amide bonds. The number of rotatable bonds is 10. The van der Waals surface area contributed by atoms with Gasteiger partial charge in [-0.15, -0.1) is 0 Å². The molecule has 9 nitrogen and oxygen atoms in total.